The van der Waals surface area contributed by atoms with Crippen LogP contribution >= 0.6 is 0 Å². The van der Waals surface area contributed by atoms with Crippen LogP contribution in [0.3, 0.4) is 0 Å². The lowest BCUT2D eigenvalue weighted by Gasteiger charge is -2.37. The third-order valence-corrected chi connectivity index (χ3v) is 4.48. The van der Waals surface area contributed by atoms with Crippen LogP contribution in [0.5, 0.6) is 0 Å². The number of fused-ring (bicyclic) bond motifs is 1. The van der Waals surface area contributed by atoms with Gasteiger partial charge in [-0.15, -0.1) is 0 Å². The van der Waals surface area contributed by atoms with Crippen LogP contribution in [0.1, 0.15) is 17.3 Å². The van der Waals surface area contributed by atoms with Crippen molar-refractivity contribution in [3.8, 4) is 0 Å². The minimum absolute atomic E-state index is 0.258. The molecule has 0 bridgehead atoms. The highest BCUT2D eigenvalue weighted by molar-refractivity contribution is 7.88. The van der Waals surface area contributed by atoms with Gasteiger partial charge in [0.05, 0.1) is 6.26 Å². The molecule has 1 saturated heterocycles. The maximum absolute atomic E-state index is 11.3. The molecule has 6 nitrogen and oxygen atoms in total. The highest BCUT2D eigenvalue weighted by Gasteiger charge is 2.34. The molecule has 2 aromatic rings. The van der Waals surface area contributed by atoms with E-state index >= 15 is 0 Å². The smallest absolute Gasteiger partial charge is 0.211 e. The SMILES string of the molecule is Cc1nc2ccc(C3CN(S(C)(=O)=O)C3)cn2n1. The van der Waals surface area contributed by atoms with Gasteiger partial charge in [-0.2, -0.15) is 5.10 Å². The zero-order valence-electron chi connectivity index (χ0n) is 10.2. The summed E-state index contributed by atoms with van der Waals surface area (Å²) in [7, 11) is -3.05. The topological polar surface area (TPSA) is 67.6 Å². The summed E-state index contributed by atoms with van der Waals surface area (Å²) in [6, 6.07) is 3.91. The number of nitrogens with zero attached hydrogens (tertiary/aromatic N) is 4. The maximum Gasteiger partial charge on any atom is 0.211 e. The molecule has 0 radical (unpaired) electrons. The molecule has 0 saturated carbocycles. The van der Waals surface area contributed by atoms with Crippen LogP contribution in [0.2, 0.25) is 0 Å². The van der Waals surface area contributed by atoms with Gasteiger partial charge in [-0.3, -0.25) is 0 Å². The molecule has 0 atom stereocenters. The number of hydrogen-bond donors (Lipinski definition) is 0. The Morgan fingerprint density at radius 1 is 1.33 bits per heavy atom. The molecule has 7 heteroatoms. The number of hydrogen-bond acceptors (Lipinski definition) is 4. The Morgan fingerprint density at radius 2 is 2.06 bits per heavy atom. The quantitative estimate of drug-likeness (QED) is 0.789. The Hall–Kier alpha value is -1.47. The molecule has 1 fully saturated rings. The zero-order valence-corrected chi connectivity index (χ0v) is 11.1. The summed E-state index contributed by atoms with van der Waals surface area (Å²) in [5.74, 6) is 0.993. The minimum atomic E-state index is -3.05. The van der Waals surface area contributed by atoms with Gasteiger partial charge in [0.25, 0.3) is 0 Å². The van der Waals surface area contributed by atoms with E-state index in [0.29, 0.717) is 13.1 Å². The van der Waals surface area contributed by atoms with E-state index in [-0.39, 0.29) is 5.92 Å². The fraction of sp³-hybridized carbons (Fsp3) is 0.455. The average molecular weight is 266 g/mol. The molecule has 96 valence electrons. The van der Waals surface area contributed by atoms with Crippen molar-refractivity contribution < 1.29 is 8.42 Å². The molecule has 0 aliphatic carbocycles. The number of pyridine rings is 1. The van der Waals surface area contributed by atoms with Crippen LogP contribution in [-0.2, 0) is 10.0 Å². The second-order valence-corrected chi connectivity index (χ2v) is 6.68. The van der Waals surface area contributed by atoms with Gasteiger partial charge in [0.2, 0.25) is 10.0 Å². The molecular formula is C11H14N4O2S. The Morgan fingerprint density at radius 3 is 2.72 bits per heavy atom. The van der Waals surface area contributed by atoms with Crippen LogP contribution in [0.15, 0.2) is 18.3 Å². The molecule has 3 heterocycles. The summed E-state index contributed by atoms with van der Waals surface area (Å²) in [6.45, 7) is 2.96. The van der Waals surface area contributed by atoms with Crippen molar-refractivity contribution in [2.75, 3.05) is 19.3 Å². The lowest BCUT2D eigenvalue weighted by atomic mass is 9.95. The molecule has 0 spiro atoms. The van der Waals surface area contributed by atoms with E-state index in [1.54, 1.807) is 4.52 Å². The summed E-state index contributed by atoms with van der Waals surface area (Å²) >= 11 is 0. The van der Waals surface area contributed by atoms with Crippen molar-refractivity contribution in [1.82, 2.24) is 18.9 Å². The van der Waals surface area contributed by atoms with Crippen LogP contribution in [0.4, 0.5) is 0 Å². The van der Waals surface area contributed by atoms with Gasteiger partial charge in [-0.1, -0.05) is 6.07 Å². The van der Waals surface area contributed by atoms with E-state index in [0.717, 1.165) is 17.0 Å². The van der Waals surface area contributed by atoms with Gasteiger partial charge in [0.15, 0.2) is 5.65 Å². The van der Waals surface area contributed by atoms with Crippen molar-refractivity contribution in [2.24, 2.45) is 0 Å². The number of aromatic nitrogens is 3. The van der Waals surface area contributed by atoms with E-state index in [2.05, 4.69) is 10.1 Å². The van der Waals surface area contributed by atoms with Gasteiger partial charge < -0.3 is 0 Å². The molecule has 0 aromatic carbocycles. The highest BCUT2D eigenvalue weighted by atomic mass is 32.2. The summed E-state index contributed by atoms with van der Waals surface area (Å²) in [6.07, 6.45) is 3.17. The molecule has 0 N–H and O–H groups in total. The van der Waals surface area contributed by atoms with Crippen molar-refractivity contribution in [3.63, 3.8) is 0 Å². The second-order valence-electron chi connectivity index (χ2n) is 4.70. The first-order chi connectivity index (χ1) is 8.43. The van der Waals surface area contributed by atoms with E-state index in [1.807, 2.05) is 25.3 Å². The second kappa shape index (κ2) is 3.76. The summed E-state index contributed by atoms with van der Waals surface area (Å²) in [4.78, 5) is 4.26. The van der Waals surface area contributed by atoms with Gasteiger partial charge in [0.1, 0.15) is 5.82 Å². The number of aryl methyl sites for hydroxylation is 1. The average Bonchev–Trinajstić information content (AvgIpc) is 2.52. The molecule has 0 unspecified atom stereocenters. The van der Waals surface area contributed by atoms with Crippen LogP contribution < -0.4 is 0 Å². The molecule has 1 aliphatic rings. The molecular weight excluding hydrogens is 252 g/mol. The predicted molar refractivity (Wildman–Crippen MR) is 66.9 cm³/mol. The van der Waals surface area contributed by atoms with Gasteiger partial charge in [0, 0.05) is 25.2 Å². The first-order valence-corrected chi connectivity index (χ1v) is 7.56. The van der Waals surface area contributed by atoms with E-state index in [4.69, 9.17) is 0 Å². The van der Waals surface area contributed by atoms with Gasteiger partial charge in [-0.25, -0.2) is 22.2 Å². The van der Waals surface area contributed by atoms with E-state index in [1.165, 1.54) is 10.6 Å². The molecule has 2 aromatic heterocycles. The summed E-state index contributed by atoms with van der Waals surface area (Å²) < 4.78 is 25.8. The molecule has 18 heavy (non-hydrogen) atoms. The Kier molecular flexibility index (Phi) is 2.43. The highest BCUT2D eigenvalue weighted by Crippen LogP contribution is 2.28. The Balaban J connectivity index is 1.84. The maximum atomic E-state index is 11.3. The standard InChI is InChI=1S/C11H14N4O2S/c1-8-12-11-4-3-9(7-15(11)13-8)10-5-14(6-10)18(2,16)17/h3-4,7,10H,5-6H2,1-2H3. The lowest BCUT2D eigenvalue weighted by molar-refractivity contribution is 0.265. The lowest BCUT2D eigenvalue weighted by Crippen LogP contribution is -2.47. The minimum Gasteiger partial charge on any atom is -0.221 e. The summed E-state index contributed by atoms with van der Waals surface area (Å²) in [5.41, 5.74) is 1.92. The van der Waals surface area contributed by atoms with Gasteiger partial charge in [-0.05, 0) is 18.6 Å². The van der Waals surface area contributed by atoms with Crippen LogP contribution in [0, 0.1) is 6.92 Å². The number of rotatable bonds is 2. The Labute approximate surface area is 105 Å². The summed E-state index contributed by atoms with van der Waals surface area (Å²) in [5, 5.41) is 4.26. The normalized spacial score (nSPS) is 18.1. The molecule has 0 amide bonds. The fourth-order valence-electron chi connectivity index (χ4n) is 2.17. The van der Waals surface area contributed by atoms with Crippen molar-refractivity contribution in [3.05, 3.63) is 29.7 Å². The Bertz CT molecular complexity index is 701. The van der Waals surface area contributed by atoms with Crippen molar-refractivity contribution in [2.45, 2.75) is 12.8 Å². The molecule has 1 aliphatic heterocycles. The predicted octanol–water partition coefficient (Wildman–Crippen LogP) is 0.397. The third kappa shape index (κ3) is 1.89. The largest absolute Gasteiger partial charge is 0.221 e. The van der Waals surface area contributed by atoms with Crippen molar-refractivity contribution in [1.29, 1.82) is 0 Å². The molecule has 3 rings (SSSR count). The third-order valence-electron chi connectivity index (χ3n) is 3.25. The van der Waals surface area contributed by atoms with Crippen LogP contribution in [0.25, 0.3) is 5.65 Å². The van der Waals surface area contributed by atoms with Crippen molar-refractivity contribution >= 4 is 15.7 Å². The van der Waals surface area contributed by atoms with Gasteiger partial charge >= 0.3 is 0 Å². The fourth-order valence-corrected chi connectivity index (χ4v) is 3.07. The first kappa shape index (κ1) is 11.6. The number of sulfonamides is 1. The van der Waals surface area contributed by atoms with E-state index in [9.17, 15) is 8.42 Å². The van der Waals surface area contributed by atoms with E-state index < -0.39 is 10.0 Å². The first-order valence-electron chi connectivity index (χ1n) is 5.71. The van der Waals surface area contributed by atoms with Crippen LogP contribution in [-0.4, -0.2) is 46.7 Å². The monoisotopic (exact) mass is 266 g/mol. The zero-order chi connectivity index (χ0) is 12.9.